The molecule has 6 saturated carbocycles. The van der Waals surface area contributed by atoms with Gasteiger partial charge in [0, 0.05) is 6.54 Å². The lowest BCUT2D eigenvalue weighted by molar-refractivity contribution is 0.0942. The van der Waals surface area contributed by atoms with E-state index in [0.29, 0.717) is 16.3 Å². The van der Waals surface area contributed by atoms with E-state index in [1.54, 1.807) is 25.3 Å². The molecule has 0 spiro atoms. The zero-order valence-corrected chi connectivity index (χ0v) is 14.5. The van der Waals surface area contributed by atoms with Crippen molar-refractivity contribution in [3.63, 3.8) is 0 Å². The van der Waals surface area contributed by atoms with Gasteiger partial charge in [-0.15, -0.1) is 0 Å². The predicted octanol–water partition coefficient (Wildman–Crippen LogP) is 3.47. The van der Waals surface area contributed by atoms with Gasteiger partial charge in [-0.3, -0.25) is 4.79 Å². The van der Waals surface area contributed by atoms with E-state index < -0.39 is 0 Å². The van der Waals surface area contributed by atoms with E-state index in [9.17, 15) is 4.79 Å². The summed E-state index contributed by atoms with van der Waals surface area (Å²) in [4.78, 5) is 12.6. The topological polar surface area (TPSA) is 38.3 Å². The Kier molecular flexibility index (Phi) is 2.62. The van der Waals surface area contributed by atoms with Gasteiger partial charge in [0.1, 0.15) is 5.75 Å². The zero-order chi connectivity index (χ0) is 16.2. The second kappa shape index (κ2) is 4.49. The number of benzene rings is 1. The van der Waals surface area contributed by atoms with E-state index in [2.05, 4.69) is 5.32 Å². The van der Waals surface area contributed by atoms with Crippen LogP contribution in [0.25, 0.3) is 0 Å². The summed E-state index contributed by atoms with van der Waals surface area (Å²) in [6.45, 7) is 0.834. The minimum Gasteiger partial charge on any atom is -0.497 e. The highest BCUT2D eigenvalue weighted by atomic mass is 35.5. The maximum Gasteiger partial charge on any atom is 0.252 e. The highest BCUT2D eigenvalue weighted by Crippen LogP contribution is 2.84. The Balaban J connectivity index is 1.21. The van der Waals surface area contributed by atoms with Crippen molar-refractivity contribution in [2.45, 2.75) is 12.8 Å². The average molecular weight is 344 g/mol. The molecule has 0 aromatic heterocycles. The first-order valence-electron chi connectivity index (χ1n) is 9.30. The van der Waals surface area contributed by atoms with E-state index in [-0.39, 0.29) is 5.91 Å². The summed E-state index contributed by atoms with van der Waals surface area (Å²) in [5, 5.41) is 3.69. The molecule has 0 saturated heterocycles. The Bertz CT molecular complexity index is 721. The van der Waals surface area contributed by atoms with Crippen molar-refractivity contribution >= 4 is 17.5 Å². The van der Waals surface area contributed by atoms with Crippen molar-refractivity contribution < 1.29 is 9.53 Å². The molecule has 6 bridgehead atoms. The summed E-state index contributed by atoms with van der Waals surface area (Å²) in [5.41, 5.74) is 0.526. The predicted molar refractivity (Wildman–Crippen MR) is 91.0 cm³/mol. The molecule has 1 N–H and O–H groups in total. The number of methoxy groups -OCH3 is 1. The Morgan fingerprint density at radius 1 is 1.12 bits per heavy atom. The number of carbonyl (C=O) groups is 1. The molecule has 6 fully saturated rings. The highest BCUT2D eigenvalue weighted by Gasteiger charge is 2.79. The quantitative estimate of drug-likeness (QED) is 0.909. The SMILES string of the molecule is COc1ccc(Cl)c(C(=O)NCC2C3C4CC5C6CC(C53)C2C64)c1. The number of rotatable bonds is 4. The molecule has 4 heteroatoms. The number of ether oxygens (including phenoxy) is 1. The minimum atomic E-state index is -0.0581. The van der Waals surface area contributed by atoms with Gasteiger partial charge in [-0.1, -0.05) is 11.6 Å². The number of nitrogens with one attached hydrogen (secondary N) is 1. The summed E-state index contributed by atoms with van der Waals surface area (Å²) in [5.74, 6) is 9.29. The molecular formula is C20H22ClNO2. The van der Waals surface area contributed by atoms with Gasteiger partial charge < -0.3 is 10.1 Å². The van der Waals surface area contributed by atoms with Crippen molar-refractivity contribution in [2.24, 2.45) is 53.3 Å². The Morgan fingerprint density at radius 3 is 2.42 bits per heavy atom. The molecule has 8 atom stereocenters. The van der Waals surface area contributed by atoms with Gasteiger partial charge in [-0.2, -0.15) is 0 Å². The minimum absolute atomic E-state index is 0.0581. The number of halogens is 1. The molecule has 1 amide bonds. The van der Waals surface area contributed by atoms with Crippen LogP contribution in [0.15, 0.2) is 18.2 Å². The molecule has 8 unspecified atom stereocenters. The lowest BCUT2D eigenvalue weighted by Crippen LogP contribution is -2.32. The summed E-state index contributed by atoms with van der Waals surface area (Å²) in [7, 11) is 1.61. The van der Waals surface area contributed by atoms with E-state index in [0.717, 1.165) is 59.8 Å². The van der Waals surface area contributed by atoms with Gasteiger partial charge >= 0.3 is 0 Å². The van der Waals surface area contributed by atoms with E-state index >= 15 is 0 Å². The second-order valence-electron chi connectivity index (χ2n) is 8.66. The van der Waals surface area contributed by atoms with Crippen LogP contribution in [0.5, 0.6) is 5.75 Å². The van der Waals surface area contributed by atoms with Gasteiger partial charge in [-0.05, 0) is 84.3 Å². The molecule has 0 aliphatic heterocycles. The number of hydrogen-bond donors (Lipinski definition) is 1. The number of hydrogen-bond acceptors (Lipinski definition) is 2. The third kappa shape index (κ3) is 1.45. The normalized spacial score (nSPS) is 48.0. The molecule has 6 aliphatic rings. The largest absolute Gasteiger partial charge is 0.497 e. The number of carbonyl (C=O) groups excluding carboxylic acids is 1. The van der Waals surface area contributed by atoms with Gasteiger partial charge in [-0.25, -0.2) is 0 Å². The van der Waals surface area contributed by atoms with Crippen LogP contribution in [0.3, 0.4) is 0 Å². The Labute approximate surface area is 147 Å². The molecule has 0 radical (unpaired) electrons. The molecule has 0 heterocycles. The third-order valence-electron chi connectivity index (χ3n) is 8.40. The molecule has 24 heavy (non-hydrogen) atoms. The zero-order valence-electron chi connectivity index (χ0n) is 13.7. The summed E-state index contributed by atoms with van der Waals surface area (Å²) >= 11 is 6.21. The standard InChI is InChI=1S/C20H22ClNO2/c1-24-8-2-3-15(21)11(4-8)20(23)22-7-14-18-12-5-9-10-6-13(16(9)18)19(14)17(10)12/h2-4,9-10,12-14,16-19H,5-7H2,1H3,(H,22,23). The van der Waals surface area contributed by atoms with Crippen LogP contribution < -0.4 is 10.1 Å². The van der Waals surface area contributed by atoms with Crippen molar-refractivity contribution in [2.75, 3.05) is 13.7 Å². The smallest absolute Gasteiger partial charge is 0.252 e. The van der Waals surface area contributed by atoms with Crippen LogP contribution in [0.1, 0.15) is 23.2 Å². The fourth-order valence-corrected chi connectivity index (χ4v) is 8.40. The van der Waals surface area contributed by atoms with Crippen LogP contribution in [0.4, 0.5) is 0 Å². The van der Waals surface area contributed by atoms with Gasteiger partial charge in [0.2, 0.25) is 0 Å². The molecule has 6 aliphatic carbocycles. The molecule has 1 aromatic rings. The van der Waals surface area contributed by atoms with Crippen molar-refractivity contribution in [3.8, 4) is 5.75 Å². The third-order valence-corrected chi connectivity index (χ3v) is 8.73. The van der Waals surface area contributed by atoms with Gasteiger partial charge in [0.15, 0.2) is 0 Å². The lowest BCUT2D eigenvalue weighted by atomic mass is 9.71. The van der Waals surface area contributed by atoms with E-state index in [1.165, 1.54) is 12.8 Å². The number of amides is 1. The molecule has 3 nitrogen and oxygen atoms in total. The monoisotopic (exact) mass is 343 g/mol. The fraction of sp³-hybridized carbons (Fsp3) is 0.650. The van der Waals surface area contributed by atoms with Crippen LogP contribution in [0.2, 0.25) is 5.02 Å². The molecule has 1 aromatic carbocycles. The average Bonchev–Trinajstić information content (AvgIpc) is 3.32. The highest BCUT2D eigenvalue weighted by molar-refractivity contribution is 6.33. The van der Waals surface area contributed by atoms with Crippen molar-refractivity contribution in [1.29, 1.82) is 0 Å². The summed E-state index contributed by atoms with van der Waals surface area (Å²) in [6.07, 6.45) is 3.01. The maximum absolute atomic E-state index is 12.6. The van der Waals surface area contributed by atoms with E-state index in [1.807, 2.05) is 0 Å². The molecule has 126 valence electrons. The van der Waals surface area contributed by atoms with Crippen molar-refractivity contribution in [3.05, 3.63) is 28.8 Å². The Morgan fingerprint density at radius 2 is 1.79 bits per heavy atom. The van der Waals surface area contributed by atoms with Gasteiger partial charge in [0.05, 0.1) is 17.7 Å². The maximum atomic E-state index is 12.6. The first kappa shape index (κ1) is 14.0. The molecular weight excluding hydrogens is 322 g/mol. The van der Waals surface area contributed by atoms with Crippen LogP contribution in [-0.4, -0.2) is 19.6 Å². The van der Waals surface area contributed by atoms with Crippen LogP contribution in [0, 0.1) is 53.3 Å². The summed E-state index contributed by atoms with van der Waals surface area (Å²) < 4.78 is 5.22. The lowest BCUT2D eigenvalue weighted by Gasteiger charge is -2.33. The fourth-order valence-electron chi connectivity index (χ4n) is 8.20. The van der Waals surface area contributed by atoms with Crippen molar-refractivity contribution in [1.82, 2.24) is 5.32 Å². The van der Waals surface area contributed by atoms with Gasteiger partial charge in [0.25, 0.3) is 5.91 Å². The van der Waals surface area contributed by atoms with Crippen LogP contribution >= 0.6 is 11.6 Å². The molecule has 7 rings (SSSR count). The van der Waals surface area contributed by atoms with E-state index in [4.69, 9.17) is 16.3 Å². The first-order valence-corrected chi connectivity index (χ1v) is 9.68. The first-order chi connectivity index (χ1) is 11.7. The second-order valence-corrected chi connectivity index (χ2v) is 9.06. The summed E-state index contributed by atoms with van der Waals surface area (Å²) in [6, 6.07) is 5.26. The van der Waals surface area contributed by atoms with Crippen LogP contribution in [-0.2, 0) is 0 Å². The Hall–Kier alpha value is -1.22.